The van der Waals surface area contributed by atoms with Gasteiger partial charge in [-0.1, -0.05) is 28.1 Å². The number of alkyl halides is 1. The average Bonchev–Trinajstić information content (AvgIpc) is 2.47. The van der Waals surface area contributed by atoms with Crippen molar-refractivity contribution in [2.24, 2.45) is 5.92 Å². The zero-order chi connectivity index (χ0) is 14.8. The molecule has 6 heteroatoms. The number of nitrogens with zero attached hydrogens (tertiary/aromatic N) is 2. The first-order chi connectivity index (χ1) is 9.46. The molecule has 20 heavy (non-hydrogen) atoms. The molecule has 0 aliphatic carbocycles. The maximum absolute atomic E-state index is 12.4. The Balaban J connectivity index is 2.30. The van der Waals surface area contributed by atoms with Gasteiger partial charge in [-0.15, -0.1) is 0 Å². The number of piperidine rings is 1. The highest BCUT2D eigenvalue weighted by Crippen LogP contribution is 2.30. The fourth-order valence-corrected chi connectivity index (χ4v) is 4.21. The Bertz CT molecular complexity index is 552. The number of anilines is 1. The summed E-state index contributed by atoms with van der Waals surface area (Å²) < 4.78 is 26.1. The minimum atomic E-state index is -3.39. The van der Waals surface area contributed by atoms with E-state index in [-0.39, 0.29) is 0 Å². The first-order valence-corrected chi connectivity index (χ1v) is 9.35. The standard InChI is InChI=1S/C14H21BrN2O2S/c1-16(2)20(18,19)14-6-4-3-5-13(14)17-9-7-12(11-15)8-10-17/h3-6,12H,7-11H2,1-2H3. The van der Waals surface area contributed by atoms with Gasteiger partial charge < -0.3 is 4.90 Å². The second-order valence-corrected chi connectivity index (χ2v) is 8.11. The first-order valence-electron chi connectivity index (χ1n) is 6.79. The molecular weight excluding hydrogens is 340 g/mol. The lowest BCUT2D eigenvalue weighted by Crippen LogP contribution is -2.35. The van der Waals surface area contributed by atoms with Crippen LogP contribution < -0.4 is 4.90 Å². The van der Waals surface area contributed by atoms with Gasteiger partial charge in [0, 0.05) is 32.5 Å². The van der Waals surface area contributed by atoms with Crippen LogP contribution in [-0.2, 0) is 10.0 Å². The van der Waals surface area contributed by atoms with Crippen LogP contribution in [0, 0.1) is 5.92 Å². The molecule has 0 atom stereocenters. The summed E-state index contributed by atoms with van der Waals surface area (Å²) >= 11 is 3.53. The largest absolute Gasteiger partial charge is 0.370 e. The molecule has 0 amide bonds. The number of hydrogen-bond acceptors (Lipinski definition) is 3. The molecule has 4 nitrogen and oxygen atoms in total. The second-order valence-electron chi connectivity index (χ2n) is 5.34. The lowest BCUT2D eigenvalue weighted by atomic mass is 9.99. The third kappa shape index (κ3) is 3.18. The van der Waals surface area contributed by atoms with Crippen LogP contribution >= 0.6 is 15.9 Å². The normalized spacial score (nSPS) is 17.7. The van der Waals surface area contributed by atoms with E-state index in [1.165, 1.54) is 4.31 Å². The van der Waals surface area contributed by atoms with E-state index in [4.69, 9.17) is 0 Å². The van der Waals surface area contributed by atoms with Crippen LogP contribution in [0.1, 0.15) is 12.8 Å². The summed E-state index contributed by atoms with van der Waals surface area (Å²) in [5.41, 5.74) is 0.828. The van der Waals surface area contributed by atoms with Gasteiger partial charge in [0.25, 0.3) is 0 Å². The minimum Gasteiger partial charge on any atom is -0.370 e. The highest BCUT2D eigenvalue weighted by Gasteiger charge is 2.26. The highest BCUT2D eigenvalue weighted by atomic mass is 79.9. The Morgan fingerprint density at radius 2 is 1.85 bits per heavy atom. The van der Waals surface area contributed by atoms with Crippen LogP contribution in [-0.4, -0.2) is 45.2 Å². The lowest BCUT2D eigenvalue weighted by Gasteiger charge is -2.34. The summed E-state index contributed by atoms with van der Waals surface area (Å²) in [6.45, 7) is 1.83. The number of rotatable bonds is 4. The maximum atomic E-state index is 12.4. The monoisotopic (exact) mass is 360 g/mol. The summed E-state index contributed by atoms with van der Waals surface area (Å²) in [6, 6.07) is 7.29. The van der Waals surface area contributed by atoms with Crippen molar-refractivity contribution in [2.75, 3.05) is 37.4 Å². The Morgan fingerprint density at radius 3 is 2.40 bits per heavy atom. The third-order valence-electron chi connectivity index (χ3n) is 3.80. The van der Waals surface area contributed by atoms with E-state index in [1.807, 2.05) is 12.1 Å². The third-order valence-corrected chi connectivity index (χ3v) is 6.58. The van der Waals surface area contributed by atoms with Gasteiger partial charge in [0.2, 0.25) is 10.0 Å². The van der Waals surface area contributed by atoms with Crippen molar-refractivity contribution in [1.82, 2.24) is 4.31 Å². The van der Waals surface area contributed by atoms with Crippen molar-refractivity contribution < 1.29 is 8.42 Å². The van der Waals surface area contributed by atoms with Gasteiger partial charge in [0.05, 0.1) is 5.69 Å². The van der Waals surface area contributed by atoms with Crippen LogP contribution in [0.4, 0.5) is 5.69 Å². The molecule has 1 fully saturated rings. The number of para-hydroxylation sites is 1. The van der Waals surface area contributed by atoms with Gasteiger partial charge in [-0.3, -0.25) is 0 Å². The van der Waals surface area contributed by atoms with Crippen molar-refractivity contribution in [2.45, 2.75) is 17.7 Å². The molecule has 0 saturated carbocycles. The van der Waals surface area contributed by atoms with Crippen LogP contribution in [0.5, 0.6) is 0 Å². The van der Waals surface area contributed by atoms with E-state index in [1.54, 1.807) is 26.2 Å². The van der Waals surface area contributed by atoms with E-state index in [2.05, 4.69) is 20.8 Å². The minimum absolute atomic E-state index is 0.405. The molecule has 0 unspecified atom stereocenters. The van der Waals surface area contributed by atoms with Crippen molar-refractivity contribution in [3.63, 3.8) is 0 Å². The number of sulfonamides is 1. The predicted molar refractivity (Wildman–Crippen MR) is 86.0 cm³/mol. The Labute approximate surface area is 129 Å². The van der Waals surface area contributed by atoms with Crippen LogP contribution in [0.15, 0.2) is 29.2 Å². The molecule has 0 radical (unpaired) electrons. The summed E-state index contributed by atoms with van der Waals surface area (Å²) in [4.78, 5) is 2.59. The summed E-state index contributed by atoms with van der Waals surface area (Å²) in [5, 5.41) is 1.03. The topological polar surface area (TPSA) is 40.6 Å². The van der Waals surface area contributed by atoms with Gasteiger partial charge >= 0.3 is 0 Å². The molecule has 1 saturated heterocycles. The summed E-state index contributed by atoms with van der Waals surface area (Å²) in [6.07, 6.45) is 2.20. The van der Waals surface area contributed by atoms with Gasteiger partial charge in [0.15, 0.2) is 0 Å². The molecule has 112 valence electrons. The molecule has 0 N–H and O–H groups in total. The van der Waals surface area contributed by atoms with E-state index in [0.29, 0.717) is 10.8 Å². The fraction of sp³-hybridized carbons (Fsp3) is 0.571. The average molecular weight is 361 g/mol. The Kier molecular flexibility index (Phi) is 5.09. The van der Waals surface area contributed by atoms with Crippen LogP contribution in [0.25, 0.3) is 0 Å². The van der Waals surface area contributed by atoms with Gasteiger partial charge in [-0.2, -0.15) is 0 Å². The Morgan fingerprint density at radius 1 is 1.25 bits per heavy atom. The molecule has 1 aliphatic rings. The SMILES string of the molecule is CN(C)S(=O)(=O)c1ccccc1N1CCC(CBr)CC1. The van der Waals surface area contributed by atoms with Crippen LogP contribution in [0.3, 0.4) is 0 Å². The molecule has 2 rings (SSSR count). The van der Waals surface area contributed by atoms with Gasteiger partial charge in [-0.05, 0) is 30.9 Å². The van der Waals surface area contributed by atoms with Crippen LogP contribution in [0.2, 0.25) is 0 Å². The number of benzene rings is 1. The van der Waals surface area contributed by atoms with Gasteiger partial charge in [-0.25, -0.2) is 12.7 Å². The fourth-order valence-electron chi connectivity index (χ4n) is 2.46. The Hall–Kier alpha value is -0.590. The predicted octanol–water partition coefficient (Wildman–Crippen LogP) is 2.55. The lowest BCUT2D eigenvalue weighted by molar-refractivity contribution is 0.445. The van der Waals surface area contributed by atoms with E-state index in [0.717, 1.165) is 36.9 Å². The van der Waals surface area contributed by atoms with Crippen molar-refractivity contribution in [1.29, 1.82) is 0 Å². The molecular formula is C14H21BrN2O2S. The number of hydrogen-bond donors (Lipinski definition) is 0. The molecule has 1 aromatic carbocycles. The highest BCUT2D eigenvalue weighted by molar-refractivity contribution is 9.09. The molecule has 0 aromatic heterocycles. The zero-order valence-corrected chi connectivity index (χ0v) is 14.3. The van der Waals surface area contributed by atoms with E-state index in [9.17, 15) is 8.42 Å². The van der Waals surface area contributed by atoms with Gasteiger partial charge in [0.1, 0.15) is 4.90 Å². The summed E-state index contributed by atoms with van der Waals surface area (Å²) in [7, 11) is -0.248. The second kappa shape index (κ2) is 6.45. The molecule has 1 aromatic rings. The molecule has 1 aliphatic heterocycles. The zero-order valence-electron chi connectivity index (χ0n) is 11.9. The summed E-state index contributed by atoms with van der Waals surface area (Å²) in [5.74, 6) is 0.698. The molecule has 0 spiro atoms. The smallest absolute Gasteiger partial charge is 0.244 e. The van der Waals surface area contributed by atoms with Crippen molar-refractivity contribution in [3.05, 3.63) is 24.3 Å². The quantitative estimate of drug-likeness (QED) is 0.774. The van der Waals surface area contributed by atoms with E-state index >= 15 is 0 Å². The maximum Gasteiger partial charge on any atom is 0.244 e. The van der Waals surface area contributed by atoms with E-state index < -0.39 is 10.0 Å². The number of halogens is 1. The van der Waals surface area contributed by atoms with Crippen molar-refractivity contribution >= 4 is 31.6 Å². The van der Waals surface area contributed by atoms with Crippen molar-refractivity contribution in [3.8, 4) is 0 Å². The molecule has 0 bridgehead atoms. The first kappa shape index (κ1) is 15.8. The molecule has 1 heterocycles.